The Hall–Kier alpha value is -0.470. The molecule has 2 rings (SSSR count). The molecule has 1 fully saturated rings. The minimum absolute atomic E-state index is 0.664. The van der Waals surface area contributed by atoms with Crippen LogP contribution in [0.4, 0.5) is 0 Å². The maximum atomic E-state index is 3.38. The van der Waals surface area contributed by atoms with Crippen LogP contribution in [-0.2, 0) is 0 Å². The zero-order valence-corrected chi connectivity index (χ0v) is 12.1. The molecule has 1 saturated carbocycles. The zero-order chi connectivity index (χ0) is 12.4. The lowest BCUT2D eigenvalue weighted by molar-refractivity contribution is 0.194. The molecule has 0 aliphatic heterocycles. The fourth-order valence-corrected chi connectivity index (χ4v) is 3.51. The van der Waals surface area contributed by atoms with Crippen molar-refractivity contribution in [2.75, 3.05) is 7.05 Å². The number of benzene rings is 1. The van der Waals surface area contributed by atoms with Gasteiger partial charge in [0.25, 0.3) is 0 Å². The normalized spacial score (nSPS) is 28.2. The minimum Gasteiger partial charge on any atom is -0.317 e. The molecule has 1 aliphatic rings. The summed E-state index contributed by atoms with van der Waals surface area (Å²) in [5.41, 5.74) is 1.51. The van der Waals surface area contributed by atoms with E-state index in [2.05, 4.69) is 57.4 Å². The molecule has 1 aliphatic carbocycles. The van der Waals surface area contributed by atoms with Crippen molar-refractivity contribution >= 4 is 11.8 Å². The quantitative estimate of drug-likeness (QED) is 0.812. The van der Waals surface area contributed by atoms with Crippen LogP contribution >= 0.6 is 11.8 Å². The van der Waals surface area contributed by atoms with Crippen molar-refractivity contribution in [2.45, 2.75) is 49.3 Å². The Kier molecular flexibility index (Phi) is 4.16. The molecule has 0 amide bonds. The Morgan fingerprint density at radius 1 is 1.24 bits per heavy atom. The van der Waals surface area contributed by atoms with Gasteiger partial charge in [0.2, 0.25) is 0 Å². The summed E-state index contributed by atoms with van der Waals surface area (Å²) in [7, 11) is 2.07. The van der Waals surface area contributed by atoms with Crippen LogP contribution in [0.5, 0.6) is 0 Å². The number of thioether (sulfide) groups is 1. The first-order chi connectivity index (χ1) is 8.11. The van der Waals surface area contributed by atoms with E-state index in [0.717, 1.165) is 11.8 Å². The van der Waals surface area contributed by atoms with E-state index in [1.54, 1.807) is 0 Å². The third-order valence-corrected chi connectivity index (χ3v) is 4.84. The highest BCUT2D eigenvalue weighted by atomic mass is 32.2. The summed E-state index contributed by atoms with van der Waals surface area (Å²) < 4.78 is 0. The van der Waals surface area contributed by atoms with Crippen LogP contribution in [0.25, 0.3) is 0 Å². The van der Waals surface area contributed by atoms with Crippen molar-refractivity contribution in [1.82, 2.24) is 5.32 Å². The van der Waals surface area contributed by atoms with E-state index in [-0.39, 0.29) is 0 Å². The van der Waals surface area contributed by atoms with Gasteiger partial charge in [-0.1, -0.05) is 32.9 Å². The van der Waals surface area contributed by atoms with Crippen LogP contribution in [0.1, 0.15) is 38.7 Å². The SMILES string of the molecule is CNC1CC(c2ccc(SC(C)C)cc2)C1C. The van der Waals surface area contributed by atoms with Crippen molar-refractivity contribution in [3.8, 4) is 0 Å². The Labute approximate surface area is 109 Å². The second-order valence-electron chi connectivity index (χ2n) is 5.33. The summed E-state index contributed by atoms with van der Waals surface area (Å²) in [6, 6.07) is 9.90. The molecular formula is C15H23NS. The van der Waals surface area contributed by atoms with Gasteiger partial charge < -0.3 is 5.32 Å². The van der Waals surface area contributed by atoms with Gasteiger partial charge in [0.15, 0.2) is 0 Å². The van der Waals surface area contributed by atoms with E-state index in [0.29, 0.717) is 11.3 Å². The van der Waals surface area contributed by atoms with Crippen LogP contribution < -0.4 is 5.32 Å². The molecule has 1 nitrogen and oxygen atoms in total. The second-order valence-corrected chi connectivity index (χ2v) is 6.98. The van der Waals surface area contributed by atoms with E-state index in [9.17, 15) is 0 Å². The standard InChI is InChI=1S/C15H23NS/c1-10(2)17-13-7-5-12(6-8-13)14-9-15(16-4)11(14)3/h5-8,10-11,14-16H,9H2,1-4H3. The smallest absolute Gasteiger partial charge is 0.0101 e. The molecule has 0 bridgehead atoms. The Balaban J connectivity index is 1.99. The summed E-state index contributed by atoms with van der Waals surface area (Å²) in [6.45, 7) is 6.83. The summed E-state index contributed by atoms with van der Waals surface area (Å²) in [5, 5.41) is 4.05. The molecule has 17 heavy (non-hydrogen) atoms. The Bertz CT molecular complexity index is 358. The monoisotopic (exact) mass is 249 g/mol. The van der Waals surface area contributed by atoms with Gasteiger partial charge >= 0.3 is 0 Å². The predicted molar refractivity (Wildman–Crippen MR) is 76.8 cm³/mol. The predicted octanol–water partition coefficient (Wildman–Crippen LogP) is 3.90. The lowest BCUT2D eigenvalue weighted by Gasteiger charge is -2.43. The van der Waals surface area contributed by atoms with Crippen molar-refractivity contribution in [2.24, 2.45) is 5.92 Å². The van der Waals surface area contributed by atoms with E-state index >= 15 is 0 Å². The molecule has 1 aromatic carbocycles. The molecular weight excluding hydrogens is 226 g/mol. The van der Waals surface area contributed by atoms with Gasteiger partial charge in [-0.3, -0.25) is 0 Å². The van der Waals surface area contributed by atoms with Gasteiger partial charge in [-0.05, 0) is 43.0 Å². The molecule has 1 aromatic rings. The fourth-order valence-electron chi connectivity index (χ4n) is 2.67. The molecule has 0 aromatic heterocycles. The highest BCUT2D eigenvalue weighted by molar-refractivity contribution is 7.99. The molecule has 1 N–H and O–H groups in total. The van der Waals surface area contributed by atoms with Crippen molar-refractivity contribution in [1.29, 1.82) is 0 Å². The third-order valence-electron chi connectivity index (χ3n) is 3.83. The average Bonchev–Trinajstić information content (AvgIpc) is 2.29. The lowest BCUT2D eigenvalue weighted by Crippen LogP contribution is -2.46. The van der Waals surface area contributed by atoms with Crippen molar-refractivity contribution in [3.05, 3.63) is 29.8 Å². The first kappa shape index (κ1) is 13.0. The first-order valence-corrected chi connectivity index (χ1v) is 7.43. The van der Waals surface area contributed by atoms with E-state index < -0.39 is 0 Å². The maximum absolute atomic E-state index is 3.38. The number of hydrogen-bond acceptors (Lipinski definition) is 2. The van der Waals surface area contributed by atoms with Crippen molar-refractivity contribution in [3.63, 3.8) is 0 Å². The van der Waals surface area contributed by atoms with Crippen LogP contribution in [0.3, 0.4) is 0 Å². The summed E-state index contributed by atoms with van der Waals surface area (Å²) in [6.07, 6.45) is 1.29. The van der Waals surface area contributed by atoms with E-state index in [1.807, 2.05) is 11.8 Å². The van der Waals surface area contributed by atoms with Gasteiger partial charge in [0, 0.05) is 16.2 Å². The molecule has 0 radical (unpaired) electrons. The summed E-state index contributed by atoms with van der Waals surface area (Å²) in [5.74, 6) is 1.52. The summed E-state index contributed by atoms with van der Waals surface area (Å²) in [4.78, 5) is 1.39. The Morgan fingerprint density at radius 2 is 1.88 bits per heavy atom. The van der Waals surface area contributed by atoms with Gasteiger partial charge in [-0.25, -0.2) is 0 Å². The lowest BCUT2D eigenvalue weighted by atomic mass is 9.67. The van der Waals surface area contributed by atoms with E-state index in [4.69, 9.17) is 0 Å². The largest absolute Gasteiger partial charge is 0.317 e. The van der Waals surface area contributed by atoms with Crippen LogP contribution in [0.15, 0.2) is 29.2 Å². The van der Waals surface area contributed by atoms with Crippen LogP contribution in [0, 0.1) is 5.92 Å². The average molecular weight is 249 g/mol. The summed E-state index contributed by atoms with van der Waals surface area (Å²) >= 11 is 1.94. The van der Waals surface area contributed by atoms with Gasteiger partial charge in [-0.2, -0.15) is 0 Å². The second kappa shape index (κ2) is 5.45. The minimum atomic E-state index is 0.664. The fraction of sp³-hybridized carbons (Fsp3) is 0.600. The van der Waals surface area contributed by atoms with Crippen molar-refractivity contribution < 1.29 is 0 Å². The topological polar surface area (TPSA) is 12.0 Å². The third kappa shape index (κ3) is 2.86. The molecule has 94 valence electrons. The van der Waals surface area contributed by atoms with Crippen LogP contribution in [-0.4, -0.2) is 18.3 Å². The molecule has 0 saturated heterocycles. The van der Waals surface area contributed by atoms with Gasteiger partial charge in [-0.15, -0.1) is 11.8 Å². The van der Waals surface area contributed by atoms with Crippen LogP contribution in [0.2, 0.25) is 0 Å². The van der Waals surface area contributed by atoms with E-state index in [1.165, 1.54) is 16.9 Å². The molecule has 3 atom stereocenters. The molecule has 0 spiro atoms. The number of nitrogens with one attached hydrogen (secondary N) is 1. The zero-order valence-electron chi connectivity index (χ0n) is 11.2. The maximum Gasteiger partial charge on any atom is 0.0101 e. The van der Waals surface area contributed by atoms with Gasteiger partial charge in [0.1, 0.15) is 0 Å². The molecule has 0 heterocycles. The number of rotatable bonds is 4. The molecule has 3 unspecified atom stereocenters. The molecule has 2 heteroatoms. The van der Waals surface area contributed by atoms with Gasteiger partial charge in [0.05, 0.1) is 0 Å². The highest BCUT2D eigenvalue weighted by Gasteiger charge is 2.37. The number of hydrogen-bond donors (Lipinski definition) is 1. The first-order valence-electron chi connectivity index (χ1n) is 6.55. The highest BCUT2D eigenvalue weighted by Crippen LogP contribution is 2.42. The Morgan fingerprint density at radius 3 is 2.35 bits per heavy atom.